The average Bonchev–Trinajstić information content (AvgIpc) is 3.52. The molecular formula is C31H24N2O. The number of anilines is 1. The van der Waals surface area contributed by atoms with Gasteiger partial charge in [-0.2, -0.15) is 0 Å². The summed E-state index contributed by atoms with van der Waals surface area (Å²) in [6.45, 7) is 0. The molecule has 0 bridgehead atoms. The third-order valence-electron chi connectivity index (χ3n) is 8.07. The Hall–Kier alpha value is -3.98. The monoisotopic (exact) mass is 440 g/mol. The van der Waals surface area contributed by atoms with E-state index in [-0.39, 0.29) is 6.04 Å². The van der Waals surface area contributed by atoms with Gasteiger partial charge in [0.25, 0.3) is 0 Å². The molecule has 3 aromatic carbocycles. The van der Waals surface area contributed by atoms with Crippen LogP contribution in [0.4, 0.5) is 5.69 Å². The molecule has 8 rings (SSSR count). The highest BCUT2D eigenvalue weighted by Crippen LogP contribution is 2.51. The largest absolute Gasteiger partial charge is 0.454 e. The zero-order chi connectivity index (χ0) is 22.4. The third-order valence-corrected chi connectivity index (χ3v) is 8.07. The maximum Gasteiger partial charge on any atom is 0.155 e. The van der Waals surface area contributed by atoms with Gasteiger partial charge in [0.2, 0.25) is 0 Å². The van der Waals surface area contributed by atoms with Crippen molar-refractivity contribution in [1.29, 1.82) is 0 Å². The lowest BCUT2D eigenvalue weighted by molar-refractivity contribution is 0.586. The van der Waals surface area contributed by atoms with Gasteiger partial charge in [-0.15, -0.1) is 0 Å². The van der Waals surface area contributed by atoms with Gasteiger partial charge in [0.05, 0.1) is 11.7 Å². The molecule has 5 aromatic rings. The second-order valence-corrected chi connectivity index (χ2v) is 9.71. The number of furan rings is 1. The second-order valence-electron chi connectivity index (χ2n) is 9.71. The summed E-state index contributed by atoms with van der Waals surface area (Å²) >= 11 is 0. The van der Waals surface area contributed by atoms with Crippen molar-refractivity contribution in [3.8, 4) is 0 Å². The fourth-order valence-corrected chi connectivity index (χ4v) is 6.59. The van der Waals surface area contributed by atoms with Crippen molar-refractivity contribution < 1.29 is 4.42 Å². The van der Waals surface area contributed by atoms with E-state index >= 15 is 0 Å². The van der Waals surface area contributed by atoms with Crippen molar-refractivity contribution in [3.63, 3.8) is 0 Å². The molecule has 3 heteroatoms. The maximum absolute atomic E-state index is 6.58. The number of hydrogen-bond donors (Lipinski definition) is 0. The van der Waals surface area contributed by atoms with E-state index in [9.17, 15) is 0 Å². The van der Waals surface area contributed by atoms with E-state index in [4.69, 9.17) is 4.42 Å². The molecule has 0 amide bonds. The van der Waals surface area contributed by atoms with Crippen LogP contribution in [0.15, 0.2) is 88.9 Å². The van der Waals surface area contributed by atoms with Gasteiger partial charge in [0.1, 0.15) is 5.58 Å². The molecule has 0 N–H and O–H groups in total. The topological polar surface area (TPSA) is 21.3 Å². The molecular weight excluding hydrogens is 416 g/mol. The molecule has 1 aliphatic heterocycles. The highest BCUT2D eigenvalue weighted by molar-refractivity contribution is 5.96. The van der Waals surface area contributed by atoms with Gasteiger partial charge in [-0.25, -0.2) is 0 Å². The van der Waals surface area contributed by atoms with Crippen LogP contribution in [0.25, 0.3) is 39.7 Å². The Bertz CT molecular complexity index is 1780. The Balaban J connectivity index is 1.44. The van der Waals surface area contributed by atoms with Gasteiger partial charge < -0.3 is 13.9 Å². The Kier molecular flexibility index (Phi) is 3.55. The molecule has 34 heavy (non-hydrogen) atoms. The number of aryl methyl sites for hydroxylation is 2. The van der Waals surface area contributed by atoms with Crippen molar-refractivity contribution in [2.45, 2.75) is 18.9 Å². The molecule has 0 saturated carbocycles. The number of aromatic nitrogens is 1. The van der Waals surface area contributed by atoms with E-state index in [1.54, 1.807) is 0 Å². The number of para-hydroxylation sites is 3. The minimum absolute atomic E-state index is 0.241. The van der Waals surface area contributed by atoms with Crippen LogP contribution in [0.2, 0.25) is 0 Å². The minimum atomic E-state index is 0.241. The highest BCUT2D eigenvalue weighted by Gasteiger charge is 2.44. The number of fused-ring (bicyclic) bond motifs is 9. The van der Waals surface area contributed by atoms with Gasteiger partial charge in [-0.1, -0.05) is 66.7 Å². The van der Waals surface area contributed by atoms with Gasteiger partial charge in [0.15, 0.2) is 5.76 Å². The van der Waals surface area contributed by atoms with Crippen molar-refractivity contribution in [2.75, 3.05) is 4.90 Å². The predicted octanol–water partition coefficient (Wildman–Crippen LogP) is 5.36. The normalized spacial score (nSPS) is 20.6. The minimum Gasteiger partial charge on any atom is -0.454 e. The summed E-state index contributed by atoms with van der Waals surface area (Å²) in [5, 5.41) is 5.27. The quantitative estimate of drug-likeness (QED) is 0.350. The van der Waals surface area contributed by atoms with Gasteiger partial charge >= 0.3 is 0 Å². The predicted molar refractivity (Wildman–Crippen MR) is 139 cm³/mol. The van der Waals surface area contributed by atoms with E-state index in [1.165, 1.54) is 49.4 Å². The lowest BCUT2D eigenvalue weighted by Crippen LogP contribution is -2.41. The summed E-state index contributed by atoms with van der Waals surface area (Å²) in [6.07, 6.45) is 7.13. The lowest BCUT2D eigenvalue weighted by atomic mass is 9.84. The van der Waals surface area contributed by atoms with E-state index in [0.717, 1.165) is 24.2 Å². The zero-order valence-corrected chi connectivity index (χ0v) is 19.0. The summed E-state index contributed by atoms with van der Waals surface area (Å²) < 4.78 is 8.94. The number of hydrogen-bond acceptors (Lipinski definition) is 2. The number of nitrogens with zero attached hydrogens (tertiary/aromatic N) is 2. The molecule has 0 saturated heterocycles. The molecule has 0 fully saturated rings. The molecule has 3 aliphatic rings. The molecule has 2 atom stereocenters. The first kappa shape index (κ1) is 18.4. The van der Waals surface area contributed by atoms with E-state index in [2.05, 4.69) is 108 Å². The number of benzene rings is 3. The van der Waals surface area contributed by atoms with Crippen LogP contribution in [0.5, 0.6) is 0 Å². The highest BCUT2D eigenvalue weighted by atomic mass is 16.3. The standard InChI is InChI=1S/C31H24N2O/c1-32-26-13-7-5-11-20(26)24-18-28-25(17-27(24)32)22-15-16-23-21-12-6-8-14-29(21)34-31(23)30(22)33(28)19-9-3-2-4-10-19/h2-14,17-18,25,28H,15-16H2,1H3. The molecule has 0 spiro atoms. The van der Waals surface area contributed by atoms with E-state index in [0.29, 0.717) is 5.92 Å². The van der Waals surface area contributed by atoms with E-state index in [1.807, 2.05) is 0 Å². The molecule has 2 aromatic heterocycles. The fourth-order valence-electron chi connectivity index (χ4n) is 6.59. The van der Waals surface area contributed by atoms with Crippen molar-refractivity contribution in [2.24, 2.45) is 13.0 Å². The van der Waals surface area contributed by atoms with Crippen LogP contribution in [-0.2, 0) is 13.5 Å². The van der Waals surface area contributed by atoms with E-state index < -0.39 is 0 Å². The summed E-state index contributed by atoms with van der Waals surface area (Å²) in [6, 6.07) is 28.3. The Labute approximate surface area is 197 Å². The zero-order valence-electron chi connectivity index (χ0n) is 19.0. The van der Waals surface area contributed by atoms with Crippen molar-refractivity contribution in [3.05, 3.63) is 106 Å². The van der Waals surface area contributed by atoms with Crippen LogP contribution in [0.1, 0.15) is 17.7 Å². The van der Waals surface area contributed by atoms with Crippen LogP contribution in [-0.4, -0.2) is 10.6 Å². The SMILES string of the molecule is Cn1c2c(c3ccccc31)=CC1C(C=2)C2=C(c3oc4ccccc4c3CC2)N1c1ccccc1. The van der Waals surface area contributed by atoms with Crippen molar-refractivity contribution in [1.82, 2.24) is 4.57 Å². The Morgan fingerprint density at radius 3 is 2.44 bits per heavy atom. The smallest absolute Gasteiger partial charge is 0.155 e. The molecule has 0 radical (unpaired) electrons. The average molecular weight is 441 g/mol. The molecule has 2 aliphatic carbocycles. The second kappa shape index (κ2) is 6.54. The number of rotatable bonds is 1. The summed E-state index contributed by atoms with van der Waals surface area (Å²) in [4.78, 5) is 2.54. The molecule has 2 unspecified atom stereocenters. The Morgan fingerprint density at radius 2 is 1.56 bits per heavy atom. The van der Waals surface area contributed by atoms with Gasteiger partial charge in [-0.05, 0) is 42.7 Å². The van der Waals surface area contributed by atoms with Crippen molar-refractivity contribution >= 4 is 45.4 Å². The molecule has 3 nitrogen and oxygen atoms in total. The van der Waals surface area contributed by atoms with Crippen LogP contribution in [0, 0.1) is 5.92 Å². The molecule has 3 heterocycles. The van der Waals surface area contributed by atoms with Gasteiger partial charge in [0, 0.05) is 51.1 Å². The van der Waals surface area contributed by atoms with Gasteiger partial charge in [-0.3, -0.25) is 0 Å². The third kappa shape index (κ3) is 2.27. The Morgan fingerprint density at radius 1 is 0.794 bits per heavy atom. The lowest BCUT2D eigenvalue weighted by Gasteiger charge is -2.30. The fraction of sp³-hybridized carbons (Fsp3) is 0.161. The van der Waals surface area contributed by atoms with Crippen LogP contribution < -0.4 is 15.5 Å². The summed E-state index contributed by atoms with van der Waals surface area (Å²) in [5.41, 5.74) is 7.66. The maximum atomic E-state index is 6.58. The first-order chi connectivity index (χ1) is 16.8. The first-order valence-electron chi connectivity index (χ1n) is 12.1. The molecule has 164 valence electrons. The summed E-state index contributed by atoms with van der Waals surface area (Å²) in [7, 11) is 2.20. The first-order valence-corrected chi connectivity index (χ1v) is 12.1. The van der Waals surface area contributed by atoms with Crippen LogP contribution >= 0.6 is 0 Å². The van der Waals surface area contributed by atoms with Crippen LogP contribution in [0.3, 0.4) is 0 Å². The summed E-state index contributed by atoms with van der Waals surface area (Å²) in [5.74, 6) is 1.41.